The van der Waals surface area contributed by atoms with Crippen LogP contribution in [-0.2, 0) is 0 Å². The van der Waals surface area contributed by atoms with Gasteiger partial charge in [0.05, 0.1) is 16.9 Å². The third-order valence-electron chi connectivity index (χ3n) is 2.87. The van der Waals surface area contributed by atoms with E-state index in [4.69, 9.17) is 9.84 Å². The van der Waals surface area contributed by atoms with Gasteiger partial charge in [0.15, 0.2) is 0 Å². The Kier molecular flexibility index (Phi) is 4.30. The average molecular weight is 261 g/mol. The number of nitrogens with zero attached hydrogens (tertiary/aromatic N) is 1. The SMILES string of the molecule is O=[N+]([O-])c1ccc(OCCCCO)c2ccccc12. The molecule has 0 aliphatic rings. The van der Waals surface area contributed by atoms with Gasteiger partial charge in [-0.15, -0.1) is 0 Å². The summed E-state index contributed by atoms with van der Waals surface area (Å²) >= 11 is 0. The molecule has 2 aromatic carbocycles. The Morgan fingerprint density at radius 1 is 1.11 bits per heavy atom. The molecule has 5 nitrogen and oxygen atoms in total. The summed E-state index contributed by atoms with van der Waals surface area (Å²) in [5.74, 6) is 0.638. The van der Waals surface area contributed by atoms with Gasteiger partial charge in [-0.1, -0.05) is 18.2 Å². The van der Waals surface area contributed by atoms with E-state index in [0.29, 0.717) is 24.2 Å². The molecule has 0 atom stereocenters. The zero-order valence-electron chi connectivity index (χ0n) is 10.4. The predicted octanol–water partition coefficient (Wildman–Crippen LogP) is 2.90. The van der Waals surface area contributed by atoms with Crippen LogP contribution in [0.4, 0.5) is 5.69 Å². The third-order valence-corrected chi connectivity index (χ3v) is 2.87. The Morgan fingerprint density at radius 3 is 2.53 bits per heavy atom. The topological polar surface area (TPSA) is 72.6 Å². The highest BCUT2D eigenvalue weighted by atomic mass is 16.6. The first-order valence-corrected chi connectivity index (χ1v) is 6.14. The van der Waals surface area contributed by atoms with E-state index in [0.717, 1.165) is 11.8 Å². The quantitative estimate of drug-likeness (QED) is 0.493. The van der Waals surface area contributed by atoms with Gasteiger partial charge in [-0.25, -0.2) is 0 Å². The second-order valence-corrected chi connectivity index (χ2v) is 4.16. The van der Waals surface area contributed by atoms with E-state index in [2.05, 4.69) is 0 Å². The number of nitro groups is 1. The smallest absolute Gasteiger partial charge is 0.277 e. The molecule has 0 spiro atoms. The predicted molar refractivity (Wildman–Crippen MR) is 72.4 cm³/mol. The minimum absolute atomic E-state index is 0.0818. The summed E-state index contributed by atoms with van der Waals surface area (Å²) in [5.41, 5.74) is 0.0818. The minimum Gasteiger partial charge on any atom is -0.493 e. The number of unbranched alkanes of at least 4 members (excludes halogenated alkanes) is 1. The summed E-state index contributed by atoms with van der Waals surface area (Å²) in [4.78, 5) is 10.6. The number of hydrogen-bond acceptors (Lipinski definition) is 4. The van der Waals surface area contributed by atoms with E-state index in [9.17, 15) is 10.1 Å². The lowest BCUT2D eigenvalue weighted by Gasteiger charge is -2.09. The molecular formula is C14H15NO4. The minimum atomic E-state index is -0.391. The molecule has 5 heteroatoms. The van der Waals surface area contributed by atoms with Gasteiger partial charge < -0.3 is 9.84 Å². The van der Waals surface area contributed by atoms with E-state index in [-0.39, 0.29) is 12.3 Å². The molecule has 2 rings (SSSR count). The van der Waals surface area contributed by atoms with Crippen LogP contribution in [-0.4, -0.2) is 23.2 Å². The fourth-order valence-corrected chi connectivity index (χ4v) is 1.94. The molecule has 0 aromatic heterocycles. The van der Waals surface area contributed by atoms with Crippen LogP contribution >= 0.6 is 0 Å². The lowest BCUT2D eigenvalue weighted by Crippen LogP contribution is -2.00. The highest BCUT2D eigenvalue weighted by Gasteiger charge is 2.14. The molecule has 0 aliphatic carbocycles. The Labute approximate surface area is 110 Å². The first-order valence-electron chi connectivity index (χ1n) is 6.14. The number of aliphatic hydroxyl groups excluding tert-OH is 1. The Balaban J connectivity index is 2.30. The normalized spacial score (nSPS) is 10.6. The van der Waals surface area contributed by atoms with Crippen molar-refractivity contribution in [2.24, 2.45) is 0 Å². The number of aliphatic hydroxyl groups is 1. The van der Waals surface area contributed by atoms with Crippen molar-refractivity contribution in [2.75, 3.05) is 13.2 Å². The Morgan fingerprint density at radius 2 is 1.84 bits per heavy atom. The van der Waals surface area contributed by atoms with Crippen molar-refractivity contribution in [2.45, 2.75) is 12.8 Å². The molecule has 2 aromatic rings. The van der Waals surface area contributed by atoms with Crippen molar-refractivity contribution in [3.63, 3.8) is 0 Å². The van der Waals surface area contributed by atoms with Gasteiger partial charge in [0.2, 0.25) is 0 Å². The molecule has 0 bridgehead atoms. The number of hydrogen-bond donors (Lipinski definition) is 1. The van der Waals surface area contributed by atoms with Crippen LogP contribution in [0.25, 0.3) is 10.8 Å². The van der Waals surface area contributed by atoms with Crippen molar-refractivity contribution < 1.29 is 14.8 Å². The first kappa shape index (κ1) is 13.3. The molecule has 0 heterocycles. The zero-order chi connectivity index (χ0) is 13.7. The van der Waals surface area contributed by atoms with Crippen molar-refractivity contribution >= 4 is 16.5 Å². The highest BCUT2D eigenvalue weighted by molar-refractivity contribution is 5.95. The molecule has 0 saturated carbocycles. The van der Waals surface area contributed by atoms with Gasteiger partial charge in [0.1, 0.15) is 5.75 Å². The molecule has 100 valence electrons. The number of nitro benzene ring substituents is 1. The van der Waals surface area contributed by atoms with E-state index < -0.39 is 4.92 Å². The fraction of sp³-hybridized carbons (Fsp3) is 0.286. The molecule has 0 fully saturated rings. The monoisotopic (exact) mass is 261 g/mol. The van der Waals surface area contributed by atoms with Crippen LogP contribution in [0.3, 0.4) is 0 Å². The molecule has 0 radical (unpaired) electrons. The average Bonchev–Trinajstić information content (AvgIpc) is 2.43. The molecule has 0 unspecified atom stereocenters. The van der Waals surface area contributed by atoms with E-state index in [1.165, 1.54) is 6.07 Å². The van der Waals surface area contributed by atoms with Crippen LogP contribution in [0.2, 0.25) is 0 Å². The number of ether oxygens (including phenoxy) is 1. The summed E-state index contributed by atoms with van der Waals surface area (Å²) in [5, 5.41) is 21.0. The van der Waals surface area contributed by atoms with Gasteiger partial charge in [-0.3, -0.25) is 10.1 Å². The van der Waals surface area contributed by atoms with Crippen molar-refractivity contribution in [3.05, 3.63) is 46.5 Å². The summed E-state index contributed by atoms with van der Waals surface area (Å²) in [6, 6.07) is 10.2. The van der Waals surface area contributed by atoms with E-state index in [1.54, 1.807) is 18.2 Å². The van der Waals surface area contributed by atoms with Crippen molar-refractivity contribution in [3.8, 4) is 5.75 Å². The maximum Gasteiger partial charge on any atom is 0.277 e. The zero-order valence-corrected chi connectivity index (χ0v) is 10.4. The lowest BCUT2D eigenvalue weighted by atomic mass is 10.1. The van der Waals surface area contributed by atoms with Gasteiger partial charge in [0.25, 0.3) is 5.69 Å². The molecule has 19 heavy (non-hydrogen) atoms. The Bertz CT molecular complexity index is 583. The lowest BCUT2D eigenvalue weighted by molar-refractivity contribution is -0.383. The number of benzene rings is 2. The standard InChI is InChI=1S/C14H15NO4/c16-9-3-4-10-19-14-8-7-13(15(17)18)11-5-1-2-6-12(11)14/h1-2,5-8,16H,3-4,9-10H2. The van der Waals surface area contributed by atoms with Crippen LogP contribution in [0.5, 0.6) is 5.75 Å². The molecular weight excluding hydrogens is 246 g/mol. The van der Waals surface area contributed by atoms with Gasteiger partial charge in [-0.05, 0) is 25.0 Å². The van der Waals surface area contributed by atoms with Gasteiger partial charge in [0, 0.05) is 18.1 Å². The van der Waals surface area contributed by atoms with E-state index in [1.807, 2.05) is 12.1 Å². The van der Waals surface area contributed by atoms with Crippen molar-refractivity contribution in [1.29, 1.82) is 0 Å². The fourth-order valence-electron chi connectivity index (χ4n) is 1.94. The van der Waals surface area contributed by atoms with E-state index >= 15 is 0 Å². The number of non-ortho nitro benzene ring substituents is 1. The molecule has 0 saturated heterocycles. The highest BCUT2D eigenvalue weighted by Crippen LogP contribution is 2.32. The summed E-state index contributed by atoms with van der Waals surface area (Å²) in [6.07, 6.45) is 1.44. The molecule has 0 amide bonds. The number of rotatable bonds is 6. The Hall–Kier alpha value is -2.14. The van der Waals surface area contributed by atoms with Crippen LogP contribution < -0.4 is 4.74 Å². The second-order valence-electron chi connectivity index (χ2n) is 4.16. The first-order chi connectivity index (χ1) is 9.24. The summed E-state index contributed by atoms with van der Waals surface area (Å²) < 4.78 is 5.62. The van der Waals surface area contributed by atoms with Crippen LogP contribution in [0.15, 0.2) is 36.4 Å². The van der Waals surface area contributed by atoms with Crippen molar-refractivity contribution in [1.82, 2.24) is 0 Å². The maximum absolute atomic E-state index is 11.0. The second kappa shape index (κ2) is 6.15. The largest absolute Gasteiger partial charge is 0.493 e. The van der Waals surface area contributed by atoms with Crippen LogP contribution in [0, 0.1) is 10.1 Å². The summed E-state index contributed by atoms with van der Waals surface area (Å²) in [6.45, 7) is 0.632. The molecule has 0 aliphatic heterocycles. The number of fused-ring (bicyclic) bond motifs is 1. The maximum atomic E-state index is 11.0. The van der Waals surface area contributed by atoms with Gasteiger partial charge >= 0.3 is 0 Å². The summed E-state index contributed by atoms with van der Waals surface area (Å²) in [7, 11) is 0. The third kappa shape index (κ3) is 3.00. The van der Waals surface area contributed by atoms with Crippen LogP contribution in [0.1, 0.15) is 12.8 Å². The molecule has 1 N–H and O–H groups in total. The van der Waals surface area contributed by atoms with Gasteiger partial charge in [-0.2, -0.15) is 0 Å².